The molecule has 168 valence electrons. The fourth-order valence-corrected chi connectivity index (χ4v) is 5.30. The van der Waals surface area contributed by atoms with Crippen molar-refractivity contribution in [3.63, 3.8) is 0 Å². The van der Waals surface area contributed by atoms with Gasteiger partial charge in [-0.05, 0) is 60.2 Å². The molecule has 1 N–H and O–H groups in total. The minimum absolute atomic E-state index is 0.0217. The van der Waals surface area contributed by atoms with E-state index in [2.05, 4.69) is 4.98 Å². The fraction of sp³-hybridized carbons (Fsp3) is 0.130. The normalized spacial score (nSPS) is 16.3. The number of carboxylic acids is 1. The van der Waals surface area contributed by atoms with E-state index in [4.69, 9.17) is 9.15 Å². The average molecular weight is 465 g/mol. The van der Waals surface area contributed by atoms with Crippen molar-refractivity contribution >= 4 is 16.0 Å². The summed E-state index contributed by atoms with van der Waals surface area (Å²) >= 11 is 0. The smallest absolute Gasteiger partial charge is 0.322 e. The zero-order chi connectivity index (χ0) is 23.0. The number of imidazole rings is 1. The van der Waals surface area contributed by atoms with Crippen molar-refractivity contribution < 1.29 is 27.5 Å². The van der Waals surface area contributed by atoms with E-state index in [0.29, 0.717) is 22.8 Å². The molecule has 33 heavy (non-hydrogen) atoms. The summed E-state index contributed by atoms with van der Waals surface area (Å²) in [6, 6.07) is 13.7. The Balaban J connectivity index is 1.34. The van der Waals surface area contributed by atoms with Gasteiger partial charge < -0.3 is 18.8 Å². The highest BCUT2D eigenvalue weighted by Crippen LogP contribution is 2.31. The van der Waals surface area contributed by atoms with E-state index in [0.717, 1.165) is 9.99 Å². The molecular formula is C23H19N3O6S. The molecule has 1 aliphatic rings. The molecule has 0 saturated carbocycles. The fourth-order valence-electron chi connectivity index (χ4n) is 3.76. The number of rotatable bonds is 6. The van der Waals surface area contributed by atoms with Crippen LogP contribution in [0.5, 0.6) is 11.5 Å². The van der Waals surface area contributed by atoms with Crippen LogP contribution in [0.15, 0.2) is 88.9 Å². The number of aromatic nitrogens is 2. The summed E-state index contributed by atoms with van der Waals surface area (Å²) in [6.45, 7) is -0.136. The second-order valence-corrected chi connectivity index (χ2v) is 9.41. The van der Waals surface area contributed by atoms with Gasteiger partial charge >= 0.3 is 5.97 Å². The molecule has 1 aliphatic heterocycles. The average Bonchev–Trinajstić information content (AvgIpc) is 3.51. The van der Waals surface area contributed by atoms with Gasteiger partial charge in [0.1, 0.15) is 23.3 Å². The molecule has 0 bridgehead atoms. The van der Waals surface area contributed by atoms with Crippen molar-refractivity contribution in [3.8, 4) is 17.2 Å². The van der Waals surface area contributed by atoms with Crippen LogP contribution in [0.1, 0.15) is 11.3 Å². The first kappa shape index (κ1) is 21.0. The van der Waals surface area contributed by atoms with Crippen LogP contribution in [-0.2, 0) is 27.8 Å². The third kappa shape index (κ3) is 4.01. The van der Waals surface area contributed by atoms with E-state index in [9.17, 15) is 18.3 Å². The molecule has 0 fully saturated rings. The SMILES string of the molecule is O=C(O)C1Cc2ccoc2CN1S(=O)(=O)c1ccc(Oc2ccc(-n3ccnc3)cc2)cc1. The Morgan fingerprint density at radius 2 is 1.76 bits per heavy atom. The highest BCUT2D eigenvalue weighted by molar-refractivity contribution is 7.89. The molecule has 1 unspecified atom stereocenters. The van der Waals surface area contributed by atoms with Gasteiger partial charge in [-0.1, -0.05) is 0 Å². The van der Waals surface area contributed by atoms with Gasteiger partial charge in [-0.2, -0.15) is 4.31 Å². The van der Waals surface area contributed by atoms with Crippen molar-refractivity contribution in [1.29, 1.82) is 0 Å². The number of hydrogen-bond acceptors (Lipinski definition) is 6. The van der Waals surface area contributed by atoms with E-state index >= 15 is 0 Å². The van der Waals surface area contributed by atoms with Crippen LogP contribution in [0.25, 0.3) is 5.69 Å². The lowest BCUT2D eigenvalue weighted by Gasteiger charge is -2.31. The van der Waals surface area contributed by atoms with Crippen molar-refractivity contribution in [1.82, 2.24) is 13.9 Å². The van der Waals surface area contributed by atoms with Gasteiger partial charge in [-0.25, -0.2) is 13.4 Å². The number of nitrogens with zero attached hydrogens (tertiary/aromatic N) is 3. The first-order valence-corrected chi connectivity index (χ1v) is 11.5. The van der Waals surface area contributed by atoms with Crippen molar-refractivity contribution in [2.45, 2.75) is 23.9 Å². The predicted octanol–water partition coefficient (Wildman–Crippen LogP) is 3.46. The molecule has 0 saturated heterocycles. The van der Waals surface area contributed by atoms with Crippen LogP contribution in [0, 0.1) is 0 Å². The number of aliphatic carboxylic acids is 1. The van der Waals surface area contributed by atoms with Crippen LogP contribution < -0.4 is 4.74 Å². The van der Waals surface area contributed by atoms with Crippen LogP contribution in [0.2, 0.25) is 0 Å². The maximum absolute atomic E-state index is 13.2. The molecule has 0 aliphatic carbocycles. The number of carboxylic acid groups (broad SMARTS) is 1. The molecule has 9 nitrogen and oxygen atoms in total. The molecule has 3 heterocycles. The van der Waals surface area contributed by atoms with Crippen molar-refractivity contribution in [2.75, 3.05) is 0 Å². The van der Waals surface area contributed by atoms with Gasteiger partial charge in [-0.15, -0.1) is 0 Å². The Labute approximate surface area is 189 Å². The largest absolute Gasteiger partial charge is 0.480 e. The van der Waals surface area contributed by atoms with Crippen molar-refractivity contribution in [2.24, 2.45) is 0 Å². The Morgan fingerprint density at radius 1 is 1.06 bits per heavy atom. The number of sulfonamides is 1. The van der Waals surface area contributed by atoms with E-state index in [1.807, 2.05) is 22.9 Å². The number of benzene rings is 2. The van der Waals surface area contributed by atoms with Gasteiger partial charge in [0.25, 0.3) is 0 Å². The predicted molar refractivity (Wildman–Crippen MR) is 117 cm³/mol. The highest BCUT2D eigenvalue weighted by atomic mass is 32.2. The Hall–Kier alpha value is -3.89. The molecule has 1 atom stereocenters. The summed E-state index contributed by atoms with van der Waals surface area (Å²) in [5.74, 6) is 0.285. The minimum atomic E-state index is -4.07. The van der Waals surface area contributed by atoms with Crippen molar-refractivity contribution in [3.05, 3.63) is 90.9 Å². The molecule has 5 rings (SSSR count). The third-order valence-electron chi connectivity index (χ3n) is 5.49. The second-order valence-electron chi connectivity index (χ2n) is 7.51. The first-order chi connectivity index (χ1) is 15.9. The maximum atomic E-state index is 13.2. The summed E-state index contributed by atoms with van der Waals surface area (Å²) in [5.41, 5.74) is 1.63. The zero-order valence-corrected chi connectivity index (χ0v) is 18.1. The Bertz CT molecular complexity index is 1380. The Kier molecular flexibility index (Phi) is 5.23. The highest BCUT2D eigenvalue weighted by Gasteiger charge is 2.40. The summed E-state index contributed by atoms with van der Waals surface area (Å²) in [4.78, 5) is 15.8. The van der Waals surface area contributed by atoms with E-state index in [1.165, 1.54) is 30.5 Å². The lowest BCUT2D eigenvalue weighted by molar-refractivity contribution is -0.141. The van der Waals surface area contributed by atoms with E-state index in [-0.39, 0.29) is 17.9 Å². The van der Waals surface area contributed by atoms with Gasteiger partial charge in [-0.3, -0.25) is 4.79 Å². The van der Waals surface area contributed by atoms with Gasteiger partial charge in [0.2, 0.25) is 10.0 Å². The van der Waals surface area contributed by atoms with E-state index < -0.39 is 22.0 Å². The molecule has 0 spiro atoms. The van der Waals surface area contributed by atoms with Gasteiger partial charge in [0.15, 0.2) is 0 Å². The molecule has 0 amide bonds. The summed E-state index contributed by atoms with van der Waals surface area (Å²) < 4.78 is 40.4. The Morgan fingerprint density at radius 3 is 2.39 bits per heavy atom. The monoisotopic (exact) mass is 465 g/mol. The molecule has 4 aromatic rings. The van der Waals surface area contributed by atoms with Crippen LogP contribution in [0.3, 0.4) is 0 Å². The summed E-state index contributed by atoms with van der Waals surface area (Å²) in [7, 11) is -4.07. The maximum Gasteiger partial charge on any atom is 0.322 e. The minimum Gasteiger partial charge on any atom is -0.480 e. The lowest BCUT2D eigenvalue weighted by atomic mass is 10.0. The molecule has 0 radical (unpaired) electrons. The second kappa shape index (κ2) is 8.23. The van der Waals surface area contributed by atoms with Crippen LogP contribution >= 0.6 is 0 Å². The molecule has 2 aromatic carbocycles. The summed E-state index contributed by atoms with van der Waals surface area (Å²) in [6.07, 6.45) is 6.71. The summed E-state index contributed by atoms with van der Waals surface area (Å²) in [5, 5.41) is 9.61. The van der Waals surface area contributed by atoms with Crippen LogP contribution in [-0.4, -0.2) is 39.4 Å². The molecular weight excluding hydrogens is 446 g/mol. The topological polar surface area (TPSA) is 115 Å². The first-order valence-electron chi connectivity index (χ1n) is 10.1. The van der Waals surface area contributed by atoms with E-state index in [1.54, 1.807) is 30.7 Å². The number of ether oxygens (including phenoxy) is 1. The number of hydrogen-bond donors (Lipinski definition) is 1. The lowest BCUT2D eigenvalue weighted by Crippen LogP contribution is -2.48. The zero-order valence-electron chi connectivity index (χ0n) is 17.2. The van der Waals surface area contributed by atoms with Gasteiger partial charge in [0.05, 0.1) is 24.0 Å². The van der Waals surface area contributed by atoms with Crippen LogP contribution in [0.4, 0.5) is 0 Å². The number of carbonyl (C=O) groups is 1. The number of fused-ring (bicyclic) bond motifs is 1. The molecule has 10 heteroatoms. The number of furan rings is 1. The molecule has 2 aromatic heterocycles. The third-order valence-corrected chi connectivity index (χ3v) is 7.36. The quantitative estimate of drug-likeness (QED) is 0.464. The standard InChI is InChI=1S/C23H19N3O6S/c27-23(28)21-13-16-9-12-31-22(16)14-26(21)33(29,30)20-7-5-19(6-8-20)32-18-3-1-17(2-4-18)25-11-10-24-15-25/h1-12,15,21H,13-14H2,(H,27,28). The van der Waals surface area contributed by atoms with Gasteiger partial charge in [0, 0.05) is 24.5 Å².